The third kappa shape index (κ3) is 4.31. The van der Waals surface area contributed by atoms with Crippen LogP contribution < -0.4 is 14.8 Å². The van der Waals surface area contributed by atoms with Gasteiger partial charge in [0.25, 0.3) is 11.1 Å². The van der Waals surface area contributed by atoms with Crippen LogP contribution >= 0.6 is 11.8 Å². The van der Waals surface area contributed by atoms with E-state index in [1.165, 1.54) is 0 Å². The first-order chi connectivity index (χ1) is 16.0. The van der Waals surface area contributed by atoms with Crippen LogP contribution in [0.2, 0.25) is 0 Å². The molecule has 0 atom stereocenters. The molecule has 9 heteroatoms. The zero-order valence-corrected chi connectivity index (χ0v) is 18.6. The van der Waals surface area contributed by atoms with Crippen LogP contribution in [-0.4, -0.2) is 41.8 Å². The van der Waals surface area contributed by atoms with E-state index in [-0.39, 0.29) is 43.4 Å². The van der Waals surface area contributed by atoms with Crippen molar-refractivity contribution in [3.05, 3.63) is 64.3 Å². The molecule has 0 saturated carbocycles. The van der Waals surface area contributed by atoms with E-state index in [0.717, 1.165) is 44.3 Å². The van der Waals surface area contributed by atoms with Crippen molar-refractivity contribution in [1.82, 2.24) is 10.2 Å². The topological polar surface area (TPSA) is 98.1 Å². The molecule has 3 amide bonds. The molecule has 0 unspecified atom stereocenters. The third-order valence-corrected chi connectivity index (χ3v) is 6.30. The van der Waals surface area contributed by atoms with E-state index >= 15 is 0 Å². The number of thioether (sulfide) groups is 1. The zero-order chi connectivity index (χ0) is 22.9. The summed E-state index contributed by atoms with van der Waals surface area (Å²) >= 11 is 0.876. The van der Waals surface area contributed by atoms with Gasteiger partial charge in [-0.05, 0) is 54.1 Å². The number of ether oxygens (including phenoxy) is 2. The van der Waals surface area contributed by atoms with Crippen molar-refractivity contribution in [2.24, 2.45) is 0 Å². The fourth-order valence-electron chi connectivity index (χ4n) is 3.72. The van der Waals surface area contributed by atoms with Gasteiger partial charge in [0.15, 0.2) is 11.5 Å². The van der Waals surface area contributed by atoms with Gasteiger partial charge < -0.3 is 19.2 Å². The van der Waals surface area contributed by atoms with E-state index in [2.05, 4.69) is 5.32 Å². The highest BCUT2D eigenvalue weighted by Crippen LogP contribution is 2.36. The Bertz CT molecular complexity index is 1310. The Labute approximate surface area is 193 Å². The summed E-state index contributed by atoms with van der Waals surface area (Å²) in [5.41, 5.74) is 3.35. The smallest absolute Gasteiger partial charge is 0.293 e. The number of amides is 3. The Balaban J connectivity index is 1.17. The molecule has 5 rings (SSSR count). The van der Waals surface area contributed by atoms with Crippen molar-refractivity contribution in [3.63, 3.8) is 0 Å². The van der Waals surface area contributed by atoms with Crippen LogP contribution in [0.1, 0.15) is 16.7 Å². The first-order valence-electron chi connectivity index (χ1n) is 10.4. The van der Waals surface area contributed by atoms with E-state index in [1.807, 2.05) is 25.1 Å². The summed E-state index contributed by atoms with van der Waals surface area (Å²) in [6.45, 7) is 2.41. The highest BCUT2D eigenvalue weighted by molar-refractivity contribution is 8.18. The summed E-state index contributed by atoms with van der Waals surface area (Å²) in [5.74, 6) is 0.662. The lowest BCUT2D eigenvalue weighted by Crippen LogP contribution is -2.37. The normalized spacial score (nSPS) is 16.3. The maximum absolute atomic E-state index is 12.7. The molecule has 1 saturated heterocycles. The fraction of sp³-hybridized carbons (Fsp3) is 0.208. The number of hydrogen-bond acceptors (Lipinski definition) is 7. The van der Waals surface area contributed by atoms with Gasteiger partial charge in [-0.15, -0.1) is 0 Å². The van der Waals surface area contributed by atoms with Crippen molar-refractivity contribution in [2.75, 3.05) is 19.9 Å². The Kier molecular flexibility index (Phi) is 5.55. The molecular weight excluding hydrogens is 444 g/mol. The van der Waals surface area contributed by atoms with Gasteiger partial charge in [0.1, 0.15) is 5.58 Å². The molecule has 168 valence electrons. The van der Waals surface area contributed by atoms with E-state index in [0.29, 0.717) is 16.4 Å². The molecule has 2 aromatic carbocycles. The van der Waals surface area contributed by atoms with Gasteiger partial charge in [0.2, 0.25) is 12.7 Å². The molecule has 0 aliphatic carbocycles. The molecule has 1 N–H and O–H groups in total. The summed E-state index contributed by atoms with van der Waals surface area (Å²) in [7, 11) is 0. The first kappa shape index (κ1) is 21.1. The number of benzene rings is 2. The number of imide groups is 1. The van der Waals surface area contributed by atoms with Gasteiger partial charge in [-0.3, -0.25) is 19.3 Å². The molecule has 8 nitrogen and oxygen atoms in total. The molecule has 0 bridgehead atoms. The van der Waals surface area contributed by atoms with Crippen LogP contribution in [0.25, 0.3) is 17.0 Å². The zero-order valence-electron chi connectivity index (χ0n) is 17.8. The maximum atomic E-state index is 12.7. The second kappa shape index (κ2) is 8.67. The summed E-state index contributed by atoms with van der Waals surface area (Å²) in [5, 5.41) is 3.31. The number of nitrogens with zero attached hydrogens (tertiary/aromatic N) is 1. The number of nitrogens with one attached hydrogen (secondary N) is 1. The monoisotopic (exact) mass is 464 g/mol. The lowest BCUT2D eigenvalue weighted by molar-refractivity contribution is -0.124. The molecular formula is C24H20N2O6S. The lowest BCUT2D eigenvalue weighted by atomic mass is 10.1. The number of carbonyl (C=O) groups excluding carboxylic acids is 3. The second-order valence-corrected chi connectivity index (χ2v) is 8.73. The van der Waals surface area contributed by atoms with E-state index in [9.17, 15) is 14.4 Å². The average molecular weight is 464 g/mol. The van der Waals surface area contributed by atoms with E-state index in [1.54, 1.807) is 30.5 Å². The van der Waals surface area contributed by atoms with Crippen molar-refractivity contribution in [3.8, 4) is 11.5 Å². The molecule has 2 aliphatic rings. The van der Waals surface area contributed by atoms with Crippen molar-refractivity contribution in [1.29, 1.82) is 0 Å². The quantitative estimate of drug-likeness (QED) is 0.553. The molecule has 0 spiro atoms. The third-order valence-electron chi connectivity index (χ3n) is 5.39. The number of fused-ring (bicyclic) bond motifs is 2. The summed E-state index contributed by atoms with van der Waals surface area (Å²) < 4.78 is 16.2. The largest absolute Gasteiger partial charge is 0.464 e. The number of furan rings is 1. The first-order valence-corrected chi connectivity index (χ1v) is 11.2. The highest BCUT2D eigenvalue weighted by Gasteiger charge is 2.34. The molecule has 2 aliphatic heterocycles. The van der Waals surface area contributed by atoms with Gasteiger partial charge in [-0.25, -0.2) is 0 Å². The summed E-state index contributed by atoms with van der Waals surface area (Å²) in [4.78, 5) is 38.9. The van der Waals surface area contributed by atoms with Crippen LogP contribution in [0, 0.1) is 6.92 Å². The summed E-state index contributed by atoms with van der Waals surface area (Å²) in [6, 6.07) is 11.1. The fourth-order valence-corrected chi connectivity index (χ4v) is 4.58. The predicted molar refractivity (Wildman–Crippen MR) is 123 cm³/mol. The van der Waals surface area contributed by atoms with Crippen molar-refractivity contribution < 1.29 is 28.3 Å². The van der Waals surface area contributed by atoms with E-state index < -0.39 is 0 Å². The number of hydrogen-bond donors (Lipinski definition) is 1. The van der Waals surface area contributed by atoms with Crippen LogP contribution in [0.4, 0.5) is 4.79 Å². The van der Waals surface area contributed by atoms with Crippen LogP contribution in [0.3, 0.4) is 0 Å². The second-order valence-electron chi connectivity index (χ2n) is 7.73. The highest BCUT2D eigenvalue weighted by atomic mass is 32.2. The minimum atomic E-state index is -0.381. The van der Waals surface area contributed by atoms with E-state index in [4.69, 9.17) is 13.9 Å². The molecule has 1 aromatic heterocycles. The number of aryl methyl sites for hydroxylation is 1. The number of rotatable bonds is 6. The molecule has 1 fully saturated rings. The molecule has 3 aromatic rings. The minimum absolute atomic E-state index is 0.0974. The Morgan fingerprint density at radius 3 is 2.88 bits per heavy atom. The predicted octanol–water partition coefficient (Wildman–Crippen LogP) is 3.87. The average Bonchev–Trinajstić information content (AvgIpc) is 3.48. The molecule has 33 heavy (non-hydrogen) atoms. The molecule has 0 radical (unpaired) electrons. The van der Waals surface area contributed by atoms with Gasteiger partial charge in [-0.1, -0.05) is 18.2 Å². The lowest BCUT2D eigenvalue weighted by Gasteiger charge is -2.12. The Hall–Kier alpha value is -3.72. The summed E-state index contributed by atoms with van der Waals surface area (Å²) in [6.07, 6.45) is 3.39. The standard InChI is InChI=1S/C24H20N2O6S/c1-14-2-4-17-16(12-30-19(17)8-14)11-22(27)25-6-7-26-23(28)21(33-24(26)29)10-15-3-5-18-20(9-15)32-13-31-18/h2-5,8-10,12H,6-7,11,13H2,1H3,(H,25,27). The van der Waals surface area contributed by atoms with Gasteiger partial charge in [0, 0.05) is 24.0 Å². The van der Waals surface area contributed by atoms with Gasteiger partial charge >= 0.3 is 0 Å². The number of carbonyl (C=O) groups is 3. The van der Waals surface area contributed by atoms with Crippen LogP contribution in [0.15, 0.2) is 52.0 Å². The van der Waals surface area contributed by atoms with Gasteiger partial charge in [0.05, 0.1) is 17.6 Å². The van der Waals surface area contributed by atoms with Gasteiger partial charge in [-0.2, -0.15) is 0 Å². The van der Waals surface area contributed by atoms with Crippen molar-refractivity contribution in [2.45, 2.75) is 13.3 Å². The SMILES string of the molecule is Cc1ccc2c(CC(=O)NCCN3C(=O)SC(=Cc4ccc5c(c4)OCO5)C3=O)coc2c1. The minimum Gasteiger partial charge on any atom is -0.464 e. The maximum Gasteiger partial charge on any atom is 0.293 e. The Morgan fingerprint density at radius 2 is 2.00 bits per heavy atom. The van der Waals surface area contributed by atoms with Crippen LogP contribution in [-0.2, 0) is 16.0 Å². The van der Waals surface area contributed by atoms with Crippen molar-refractivity contribution >= 4 is 45.9 Å². The Morgan fingerprint density at radius 1 is 1.15 bits per heavy atom. The van der Waals surface area contributed by atoms with Crippen LogP contribution in [0.5, 0.6) is 11.5 Å². The molecule has 3 heterocycles.